The van der Waals surface area contributed by atoms with Crippen LogP contribution in [0.15, 0.2) is 41.2 Å². The molecule has 4 aromatic rings. The maximum Gasteiger partial charge on any atom is 0.329 e. The minimum absolute atomic E-state index is 0.181. The number of rotatable bonds is 5. The average molecular weight is 466 g/mol. The van der Waals surface area contributed by atoms with E-state index in [-0.39, 0.29) is 12.2 Å². The number of benzene rings is 2. The van der Waals surface area contributed by atoms with Gasteiger partial charge in [-0.3, -0.25) is 13.9 Å². The fourth-order valence-corrected chi connectivity index (χ4v) is 5.86. The minimum atomic E-state index is -0.881. The van der Waals surface area contributed by atoms with Crippen molar-refractivity contribution in [3.05, 3.63) is 68.7 Å². The van der Waals surface area contributed by atoms with Crippen molar-refractivity contribution in [2.75, 3.05) is 0 Å². The molecule has 172 valence electrons. The molecule has 1 N–H and O–H groups in total. The molecule has 2 aromatic heterocycles. The summed E-state index contributed by atoms with van der Waals surface area (Å²) in [6.45, 7) is 4.73. The molecule has 0 bridgehead atoms. The highest BCUT2D eigenvalue weighted by molar-refractivity contribution is 6.31. The summed E-state index contributed by atoms with van der Waals surface area (Å²) < 4.78 is 5.57. The summed E-state index contributed by atoms with van der Waals surface area (Å²) in [6, 6.07) is 11.5. The Kier molecular flexibility index (Phi) is 5.16. The molecule has 1 fully saturated rings. The van der Waals surface area contributed by atoms with E-state index in [1.165, 1.54) is 5.56 Å². The largest absolute Gasteiger partial charge is 0.481 e. The Morgan fingerprint density at radius 3 is 2.36 bits per heavy atom. The Labute approximate surface area is 197 Å². The Morgan fingerprint density at radius 1 is 1.09 bits per heavy atom. The number of halogens is 1. The van der Waals surface area contributed by atoms with E-state index < -0.39 is 11.4 Å². The Hall–Kier alpha value is -2.99. The van der Waals surface area contributed by atoms with Gasteiger partial charge in [-0.05, 0) is 62.1 Å². The smallest absolute Gasteiger partial charge is 0.329 e. The van der Waals surface area contributed by atoms with Crippen molar-refractivity contribution in [3.63, 3.8) is 0 Å². The summed E-state index contributed by atoms with van der Waals surface area (Å²) in [5.74, 6) is -0.810. The van der Waals surface area contributed by atoms with Crippen molar-refractivity contribution in [2.45, 2.75) is 52.6 Å². The first-order valence-electron chi connectivity index (χ1n) is 11.4. The summed E-state index contributed by atoms with van der Waals surface area (Å²) in [5, 5.41) is 11.7. The molecule has 5 rings (SSSR count). The first-order valence-corrected chi connectivity index (χ1v) is 11.8. The number of aromatic nitrogens is 3. The number of carboxylic acids is 1. The van der Waals surface area contributed by atoms with Crippen molar-refractivity contribution in [1.82, 2.24) is 13.7 Å². The van der Waals surface area contributed by atoms with Crippen LogP contribution in [0.1, 0.15) is 42.5 Å². The van der Waals surface area contributed by atoms with Gasteiger partial charge in [0.2, 0.25) is 0 Å². The van der Waals surface area contributed by atoms with E-state index in [0.717, 1.165) is 46.0 Å². The third-order valence-corrected chi connectivity index (χ3v) is 7.89. The molecule has 2 aromatic carbocycles. The second-order valence-electron chi connectivity index (χ2n) is 9.47. The quantitative estimate of drug-likeness (QED) is 0.437. The summed E-state index contributed by atoms with van der Waals surface area (Å²) in [4.78, 5) is 25.9. The van der Waals surface area contributed by atoms with Crippen LogP contribution >= 0.6 is 11.6 Å². The van der Waals surface area contributed by atoms with Crippen LogP contribution < -0.4 is 5.69 Å². The number of hydrogen-bond donors (Lipinski definition) is 1. The molecule has 33 heavy (non-hydrogen) atoms. The third-order valence-electron chi connectivity index (χ3n) is 7.67. The molecule has 0 aliphatic heterocycles. The van der Waals surface area contributed by atoms with E-state index >= 15 is 0 Å². The zero-order valence-corrected chi connectivity index (χ0v) is 19.9. The fourth-order valence-electron chi connectivity index (χ4n) is 5.61. The standard InChI is InChI=1S/C26H28ClN3O3/c1-16-17(2)28(3)23-18(12-19(27)13-20(16)23)14-29-21-8-4-5-9-22(21)30(25(29)33)15-26(24(31)32)10-6-7-11-26/h4-5,8-9,12-13H,6-7,10-11,14-15H2,1-3H3,(H,31,32). The predicted octanol–water partition coefficient (Wildman–Crippen LogP) is 5.26. The number of nitrogens with zero attached hydrogens (tertiary/aromatic N) is 3. The topological polar surface area (TPSA) is 69.2 Å². The lowest BCUT2D eigenvalue weighted by Crippen LogP contribution is -2.37. The lowest BCUT2D eigenvalue weighted by Gasteiger charge is -2.24. The average Bonchev–Trinajstić information content (AvgIpc) is 3.43. The molecule has 1 saturated carbocycles. The number of carboxylic acid groups (broad SMARTS) is 1. The van der Waals surface area contributed by atoms with Gasteiger partial charge in [0.05, 0.1) is 28.5 Å². The van der Waals surface area contributed by atoms with Crippen LogP contribution in [0.25, 0.3) is 21.9 Å². The van der Waals surface area contributed by atoms with Crippen LogP contribution in [0.4, 0.5) is 0 Å². The first-order chi connectivity index (χ1) is 15.7. The van der Waals surface area contributed by atoms with Gasteiger partial charge in [-0.15, -0.1) is 0 Å². The van der Waals surface area contributed by atoms with E-state index in [1.807, 2.05) is 43.4 Å². The van der Waals surface area contributed by atoms with Gasteiger partial charge in [0.1, 0.15) is 0 Å². The maximum atomic E-state index is 13.7. The maximum absolute atomic E-state index is 13.7. The van der Waals surface area contributed by atoms with E-state index in [1.54, 1.807) is 9.13 Å². The van der Waals surface area contributed by atoms with Crippen molar-refractivity contribution in [2.24, 2.45) is 12.5 Å². The van der Waals surface area contributed by atoms with Crippen molar-refractivity contribution < 1.29 is 9.90 Å². The second-order valence-corrected chi connectivity index (χ2v) is 9.90. The lowest BCUT2D eigenvalue weighted by molar-refractivity contribution is -0.149. The molecular weight excluding hydrogens is 438 g/mol. The summed E-state index contributed by atoms with van der Waals surface area (Å²) in [7, 11) is 2.03. The monoisotopic (exact) mass is 465 g/mol. The van der Waals surface area contributed by atoms with Crippen LogP contribution in [0.3, 0.4) is 0 Å². The number of hydrogen-bond acceptors (Lipinski definition) is 2. The van der Waals surface area contributed by atoms with Gasteiger partial charge in [0.15, 0.2) is 0 Å². The molecule has 1 aliphatic carbocycles. The van der Waals surface area contributed by atoms with Crippen LogP contribution in [-0.2, 0) is 24.9 Å². The SMILES string of the molecule is Cc1c(C)n(C)c2c(Cn3c(=O)n(CC4(C(=O)O)CCCC4)c4ccccc43)cc(Cl)cc12. The summed E-state index contributed by atoms with van der Waals surface area (Å²) in [5.41, 5.74) is 4.88. The van der Waals surface area contributed by atoms with Gasteiger partial charge in [-0.2, -0.15) is 0 Å². The molecule has 0 spiro atoms. The zero-order valence-electron chi connectivity index (χ0n) is 19.2. The molecular formula is C26H28ClN3O3. The number of aliphatic carboxylic acids is 1. The molecule has 1 aliphatic rings. The number of imidazole rings is 1. The Balaban J connectivity index is 1.69. The predicted molar refractivity (Wildman–Crippen MR) is 131 cm³/mol. The van der Waals surface area contributed by atoms with Gasteiger partial charge in [-0.25, -0.2) is 4.79 Å². The van der Waals surface area contributed by atoms with Gasteiger partial charge >= 0.3 is 11.7 Å². The molecule has 0 radical (unpaired) electrons. The van der Waals surface area contributed by atoms with E-state index in [4.69, 9.17) is 11.6 Å². The molecule has 0 unspecified atom stereocenters. The van der Waals surface area contributed by atoms with Gasteiger partial charge in [0.25, 0.3) is 0 Å². The van der Waals surface area contributed by atoms with Crippen molar-refractivity contribution >= 4 is 39.5 Å². The molecule has 0 amide bonds. The molecule has 6 nitrogen and oxygen atoms in total. The molecule has 0 atom stereocenters. The van der Waals surface area contributed by atoms with Crippen LogP contribution in [0.5, 0.6) is 0 Å². The van der Waals surface area contributed by atoms with E-state index in [9.17, 15) is 14.7 Å². The highest BCUT2D eigenvalue weighted by Gasteiger charge is 2.42. The molecule has 7 heteroatoms. The van der Waals surface area contributed by atoms with Crippen molar-refractivity contribution in [3.8, 4) is 0 Å². The van der Waals surface area contributed by atoms with Crippen LogP contribution in [0.2, 0.25) is 5.02 Å². The lowest BCUT2D eigenvalue weighted by atomic mass is 9.86. The zero-order chi connectivity index (χ0) is 23.5. The Bertz CT molecular complexity index is 1470. The number of carbonyl (C=O) groups is 1. The van der Waals surface area contributed by atoms with Crippen molar-refractivity contribution in [1.29, 1.82) is 0 Å². The number of para-hydroxylation sites is 2. The first kappa shape index (κ1) is 21.8. The van der Waals surface area contributed by atoms with Gasteiger partial charge in [0, 0.05) is 29.7 Å². The highest BCUT2D eigenvalue weighted by atomic mass is 35.5. The normalized spacial score (nSPS) is 15.6. The summed E-state index contributed by atoms with van der Waals surface area (Å²) >= 11 is 6.49. The molecule has 0 saturated heterocycles. The Morgan fingerprint density at radius 2 is 1.73 bits per heavy atom. The van der Waals surface area contributed by atoms with Crippen LogP contribution in [-0.4, -0.2) is 24.8 Å². The minimum Gasteiger partial charge on any atom is -0.481 e. The van der Waals surface area contributed by atoms with E-state index in [2.05, 4.69) is 18.4 Å². The number of aryl methyl sites for hydroxylation is 2. The van der Waals surface area contributed by atoms with E-state index in [0.29, 0.717) is 24.4 Å². The highest BCUT2D eigenvalue weighted by Crippen LogP contribution is 2.40. The third kappa shape index (κ3) is 3.31. The van der Waals surface area contributed by atoms with Crippen LogP contribution in [0, 0.1) is 19.3 Å². The second kappa shape index (κ2) is 7.80. The molecule has 2 heterocycles. The van der Waals surface area contributed by atoms with Gasteiger partial charge in [-0.1, -0.05) is 36.6 Å². The van der Waals surface area contributed by atoms with Gasteiger partial charge < -0.3 is 9.67 Å². The fraction of sp³-hybridized carbons (Fsp3) is 0.385. The number of fused-ring (bicyclic) bond motifs is 2. The summed E-state index contributed by atoms with van der Waals surface area (Å²) in [6.07, 6.45) is 2.97.